The van der Waals surface area contributed by atoms with Crippen LogP contribution in [0.25, 0.3) is 0 Å². The average molecular weight is 346 g/mol. The molecule has 2 unspecified atom stereocenters. The van der Waals surface area contributed by atoms with Gasteiger partial charge < -0.3 is 15.1 Å². The number of hydrogen-bond acceptors (Lipinski definition) is 4. The molecule has 1 aliphatic heterocycles. The lowest BCUT2D eigenvalue weighted by Gasteiger charge is -2.34. The van der Waals surface area contributed by atoms with Gasteiger partial charge in [-0.25, -0.2) is 0 Å². The lowest BCUT2D eigenvalue weighted by Crippen LogP contribution is -2.52. The Morgan fingerprint density at radius 2 is 2.21 bits per heavy atom. The first-order chi connectivity index (χ1) is 9.10. The molecule has 0 aliphatic carbocycles. The maximum atomic E-state index is 3.55. The number of hydrogen-bond donors (Lipinski definition) is 1. The highest BCUT2D eigenvalue weighted by atomic mass is 79.9. The van der Waals surface area contributed by atoms with Crippen LogP contribution in [0, 0.1) is 0 Å². The molecule has 1 saturated heterocycles. The Balaban J connectivity index is 2.06. The largest absolute Gasteiger partial charge is 0.315 e. The van der Waals surface area contributed by atoms with Gasteiger partial charge in [0.25, 0.3) is 0 Å². The lowest BCUT2D eigenvalue weighted by molar-refractivity contribution is 0.181. The quantitative estimate of drug-likeness (QED) is 0.902. The van der Waals surface area contributed by atoms with Crippen LogP contribution in [0.2, 0.25) is 0 Å². The molecule has 0 amide bonds. The standard InChI is InChI=1S/C14H24BrN3S/c1-16-12(9-11-5-6-14(15)19-11)13-10-17(2)7-4-8-18(13)3/h5-6,12-13,16H,4,7-10H2,1-3H3. The van der Waals surface area contributed by atoms with Crippen LogP contribution in [-0.2, 0) is 6.42 Å². The van der Waals surface area contributed by atoms with Crippen molar-refractivity contribution in [3.05, 3.63) is 20.8 Å². The van der Waals surface area contributed by atoms with Crippen LogP contribution < -0.4 is 5.32 Å². The van der Waals surface area contributed by atoms with E-state index in [-0.39, 0.29) is 0 Å². The molecule has 0 radical (unpaired) electrons. The van der Waals surface area contributed by atoms with Crippen molar-refractivity contribution in [3.63, 3.8) is 0 Å². The molecule has 0 saturated carbocycles. The van der Waals surface area contributed by atoms with E-state index in [0.717, 1.165) is 13.0 Å². The number of thiophene rings is 1. The number of likely N-dealkylation sites (N-methyl/N-ethyl adjacent to an activating group) is 3. The maximum Gasteiger partial charge on any atom is 0.0701 e. The molecule has 2 atom stereocenters. The number of halogens is 1. The molecule has 1 aromatic heterocycles. The molecule has 1 fully saturated rings. The van der Waals surface area contributed by atoms with Gasteiger partial charge in [-0.1, -0.05) is 0 Å². The molecule has 5 heteroatoms. The third-order valence-electron chi connectivity index (χ3n) is 4.00. The second-order valence-electron chi connectivity index (χ2n) is 5.47. The predicted octanol–water partition coefficient (Wildman–Crippen LogP) is 2.28. The molecule has 1 N–H and O–H groups in total. The summed E-state index contributed by atoms with van der Waals surface area (Å²) in [6.45, 7) is 3.55. The summed E-state index contributed by atoms with van der Waals surface area (Å²) in [4.78, 5) is 6.43. The number of nitrogens with zero attached hydrogens (tertiary/aromatic N) is 2. The molecule has 1 aromatic rings. The van der Waals surface area contributed by atoms with E-state index in [9.17, 15) is 0 Å². The monoisotopic (exact) mass is 345 g/mol. The van der Waals surface area contributed by atoms with Gasteiger partial charge in [0.2, 0.25) is 0 Å². The third kappa shape index (κ3) is 4.26. The minimum Gasteiger partial charge on any atom is -0.315 e. The van der Waals surface area contributed by atoms with E-state index in [1.165, 1.54) is 28.2 Å². The van der Waals surface area contributed by atoms with Gasteiger partial charge >= 0.3 is 0 Å². The molecule has 1 aliphatic rings. The van der Waals surface area contributed by atoms with Gasteiger partial charge in [-0.15, -0.1) is 11.3 Å². The first-order valence-corrected chi connectivity index (χ1v) is 8.51. The second-order valence-corrected chi connectivity index (χ2v) is 8.02. The summed E-state index contributed by atoms with van der Waals surface area (Å²) in [5.74, 6) is 0. The van der Waals surface area contributed by atoms with Gasteiger partial charge in [0.05, 0.1) is 3.79 Å². The van der Waals surface area contributed by atoms with E-state index in [2.05, 4.69) is 64.3 Å². The minimum atomic E-state index is 0.510. The van der Waals surface area contributed by atoms with Crippen LogP contribution in [0.1, 0.15) is 11.3 Å². The minimum absolute atomic E-state index is 0.510. The normalized spacial score (nSPS) is 24.3. The van der Waals surface area contributed by atoms with Crippen molar-refractivity contribution in [2.45, 2.75) is 24.9 Å². The smallest absolute Gasteiger partial charge is 0.0701 e. The summed E-state index contributed by atoms with van der Waals surface area (Å²) in [5.41, 5.74) is 0. The zero-order valence-electron chi connectivity index (χ0n) is 12.0. The Labute approximate surface area is 129 Å². The Hall–Kier alpha value is 0.0600. The summed E-state index contributed by atoms with van der Waals surface area (Å²) >= 11 is 5.40. The first-order valence-electron chi connectivity index (χ1n) is 6.90. The summed E-state index contributed by atoms with van der Waals surface area (Å²) in [6.07, 6.45) is 2.38. The summed E-state index contributed by atoms with van der Waals surface area (Å²) in [7, 11) is 6.59. The molecule has 2 heterocycles. The van der Waals surface area contributed by atoms with E-state index in [1.54, 1.807) is 0 Å². The Bertz CT molecular complexity index is 396. The summed E-state index contributed by atoms with van der Waals surface area (Å²) in [5, 5.41) is 3.53. The zero-order chi connectivity index (χ0) is 13.8. The van der Waals surface area contributed by atoms with Crippen molar-refractivity contribution in [2.24, 2.45) is 0 Å². The van der Waals surface area contributed by atoms with Crippen molar-refractivity contribution in [1.29, 1.82) is 0 Å². The van der Waals surface area contributed by atoms with E-state index in [1.807, 2.05) is 11.3 Å². The first kappa shape index (κ1) is 15.4. The molecule has 0 aromatic carbocycles. The highest BCUT2D eigenvalue weighted by Gasteiger charge is 2.27. The van der Waals surface area contributed by atoms with Crippen LogP contribution in [0.4, 0.5) is 0 Å². The van der Waals surface area contributed by atoms with Crippen LogP contribution in [0.5, 0.6) is 0 Å². The van der Waals surface area contributed by atoms with Crippen LogP contribution in [-0.4, -0.2) is 62.7 Å². The fourth-order valence-electron chi connectivity index (χ4n) is 2.85. The Morgan fingerprint density at radius 1 is 1.42 bits per heavy atom. The second kappa shape index (κ2) is 7.18. The SMILES string of the molecule is CNC(Cc1ccc(Br)s1)C1CN(C)CCCN1C. The fourth-order valence-corrected chi connectivity index (χ4v) is 4.39. The van der Waals surface area contributed by atoms with Gasteiger partial charge in [0.1, 0.15) is 0 Å². The number of nitrogens with one attached hydrogen (secondary N) is 1. The van der Waals surface area contributed by atoms with Gasteiger partial charge in [0.15, 0.2) is 0 Å². The summed E-state index contributed by atoms with van der Waals surface area (Å²) < 4.78 is 1.23. The molecule has 2 rings (SSSR count). The maximum absolute atomic E-state index is 3.55. The van der Waals surface area contributed by atoms with E-state index in [4.69, 9.17) is 0 Å². The number of rotatable bonds is 4. The van der Waals surface area contributed by atoms with Crippen LogP contribution in [0.15, 0.2) is 15.9 Å². The third-order valence-corrected chi connectivity index (χ3v) is 5.65. The van der Waals surface area contributed by atoms with Crippen LogP contribution in [0.3, 0.4) is 0 Å². The lowest BCUT2D eigenvalue weighted by atomic mass is 10.0. The Kier molecular flexibility index (Phi) is 5.84. The molecule has 0 bridgehead atoms. The van der Waals surface area contributed by atoms with Gasteiger partial charge in [0, 0.05) is 23.5 Å². The van der Waals surface area contributed by atoms with E-state index < -0.39 is 0 Å². The average Bonchev–Trinajstić information content (AvgIpc) is 2.70. The van der Waals surface area contributed by atoms with Crippen LogP contribution >= 0.6 is 27.3 Å². The van der Waals surface area contributed by atoms with E-state index in [0.29, 0.717) is 12.1 Å². The molecule has 108 valence electrons. The van der Waals surface area contributed by atoms with Gasteiger partial charge in [-0.05, 0) is 75.1 Å². The zero-order valence-corrected chi connectivity index (χ0v) is 14.4. The summed E-state index contributed by atoms with van der Waals surface area (Å²) in [6, 6.07) is 5.48. The van der Waals surface area contributed by atoms with Crippen molar-refractivity contribution in [2.75, 3.05) is 40.8 Å². The topological polar surface area (TPSA) is 18.5 Å². The highest BCUT2D eigenvalue weighted by Crippen LogP contribution is 2.24. The van der Waals surface area contributed by atoms with Crippen molar-refractivity contribution >= 4 is 27.3 Å². The molecular weight excluding hydrogens is 322 g/mol. The molecular formula is C14H24BrN3S. The van der Waals surface area contributed by atoms with Crippen molar-refractivity contribution in [3.8, 4) is 0 Å². The van der Waals surface area contributed by atoms with Crippen molar-refractivity contribution in [1.82, 2.24) is 15.1 Å². The van der Waals surface area contributed by atoms with Gasteiger partial charge in [-0.2, -0.15) is 0 Å². The van der Waals surface area contributed by atoms with Gasteiger partial charge in [-0.3, -0.25) is 0 Å². The molecule has 19 heavy (non-hydrogen) atoms. The fraction of sp³-hybridized carbons (Fsp3) is 0.714. The van der Waals surface area contributed by atoms with E-state index >= 15 is 0 Å². The molecule has 0 spiro atoms. The Morgan fingerprint density at radius 3 is 2.84 bits per heavy atom. The predicted molar refractivity (Wildman–Crippen MR) is 87.1 cm³/mol. The molecule has 3 nitrogen and oxygen atoms in total. The van der Waals surface area contributed by atoms with Crippen molar-refractivity contribution < 1.29 is 0 Å². The highest BCUT2D eigenvalue weighted by molar-refractivity contribution is 9.11.